The van der Waals surface area contributed by atoms with Gasteiger partial charge in [-0.15, -0.1) is 0 Å². The first-order valence-corrected chi connectivity index (χ1v) is 8.76. The van der Waals surface area contributed by atoms with Gasteiger partial charge in [0.25, 0.3) is 0 Å². The number of nitrogens with zero attached hydrogens (tertiary/aromatic N) is 1. The predicted octanol–water partition coefficient (Wildman–Crippen LogP) is 2.82. The van der Waals surface area contributed by atoms with E-state index in [1.54, 1.807) is 42.2 Å². The summed E-state index contributed by atoms with van der Waals surface area (Å²) in [5.41, 5.74) is 1.71. The quantitative estimate of drug-likeness (QED) is 0.619. The first kappa shape index (κ1) is 16.5. The third kappa shape index (κ3) is 2.79. The standard InChI is InChI=1S/C17H14ClNO4S/c1-2-23-17(20)15-16(24(21)22)13-10-11(18)8-9-14(13)19(15)12-6-4-3-5-7-12/h3-10,15H,2H2,1H3. The minimum atomic E-state index is -2.59. The molecule has 0 amide bonds. The topological polar surface area (TPSA) is 63.7 Å². The van der Waals surface area contributed by atoms with Crippen molar-refractivity contribution in [3.05, 3.63) is 59.1 Å². The van der Waals surface area contributed by atoms with Crippen LogP contribution in [0.3, 0.4) is 0 Å². The lowest BCUT2D eigenvalue weighted by molar-refractivity contribution is -0.142. The van der Waals surface area contributed by atoms with Crippen LogP contribution in [0.4, 0.5) is 11.4 Å². The number of benzene rings is 2. The molecule has 1 atom stereocenters. The van der Waals surface area contributed by atoms with E-state index < -0.39 is 22.3 Å². The van der Waals surface area contributed by atoms with Crippen molar-refractivity contribution in [2.75, 3.05) is 11.5 Å². The lowest BCUT2D eigenvalue weighted by Crippen LogP contribution is -2.41. The van der Waals surface area contributed by atoms with Gasteiger partial charge in [-0.05, 0) is 37.3 Å². The molecule has 0 aliphatic carbocycles. The van der Waals surface area contributed by atoms with Gasteiger partial charge in [-0.3, -0.25) is 0 Å². The summed E-state index contributed by atoms with van der Waals surface area (Å²) < 4.78 is 28.8. The van der Waals surface area contributed by atoms with Gasteiger partial charge < -0.3 is 9.64 Å². The summed E-state index contributed by atoms with van der Waals surface area (Å²) in [7, 11) is -2.59. The van der Waals surface area contributed by atoms with Crippen LogP contribution in [0.15, 0.2) is 48.5 Å². The fraction of sp³-hybridized carbons (Fsp3) is 0.176. The molecule has 2 aromatic rings. The zero-order chi connectivity index (χ0) is 17.3. The fourth-order valence-electron chi connectivity index (χ4n) is 2.81. The van der Waals surface area contributed by atoms with Crippen molar-refractivity contribution in [1.82, 2.24) is 0 Å². The number of hydrogen-bond acceptors (Lipinski definition) is 5. The fourth-order valence-corrected chi connectivity index (χ4v) is 3.71. The Bertz CT molecular complexity index is 917. The number of ether oxygens (including phenoxy) is 1. The SMILES string of the molecule is CCOC(=O)C1C(=S(=O)=O)c2cc(Cl)ccc2N1c1ccccc1. The molecule has 0 spiro atoms. The van der Waals surface area contributed by atoms with Crippen molar-refractivity contribution in [3.8, 4) is 0 Å². The van der Waals surface area contributed by atoms with E-state index >= 15 is 0 Å². The van der Waals surface area contributed by atoms with Gasteiger partial charge in [0.05, 0.1) is 12.3 Å². The minimum absolute atomic E-state index is 0.0326. The Morgan fingerprint density at radius 1 is 1.21 bits per heavy atom. The first-order valence-electron chi connectivity index (χ1n) is 7.31. The molecule has 1 aliphatic rings. The summed E-state index contributed by atoms with van der Waals surface area (Å²) in [6, 6.07) is 12.9. The Balaban J connectivity index is 2.28. The lowest BCUT2D eigenvalue weighted by atomic mass is 10.1. The number of carbonyl (C=O) groups excluding carboxylic acids is 1. The second-order valence-corrected chi connectivity index (χ2v) is 6.47. The number of hydrogen-bond donors (Lipinski definition) is 0. The molecule has 5 nitrogen and oxygen atoms in total. The Kier molecular flexibility index (Phi) is 4.59. The summed E-state index contributed by atoms with van der Waals surface area (Å²) in [6.45, 7) is 1.84. The van der Waals surface area contributed by atoms with E-state index in [1.165, 1.54) is 0 Å². The van der Waals surface area contributed by atoms with Gasteiger partial charge in [0.2, 0.25) is 10.3 Å². The van der Waals surface area contributed by atoms with Crippen LogP contribution in [0, 0.1) is 0 Å². The monoisotopic (exact) mass is 363 g/mol. The maximum absolute atomic E-state index is 12.5. The zero-order valence-corrected chi connectivity index (χ0v) is 14.3. The molecular formula is C17H14ClNO4S. The van der Waals surface area contributed by atoms with Gasteiger partial charge in [0.15, 0.2) is 6.04 Å². The second kappa shape index (κ2) is 6.67. The lowest BCUT2D eigenvalue weighted by Gasteiger charge is -2.25. The van der Waals surface area contributed by atoms with Gasteiger partial charge in [-0.2, -0.15) is 8.42 Å². The van der Waals surface area contributed by atoms with E-state index in [4.69, 9.17) is 16.3 Å². The number of fused-ring (bicyclic) bond motifs is 1. The number of anilines is 2. The molecule has 24 heavy (non-hydrogen) atoms. The van der Waals surface area contributed by atoms with Gasteiger partial charge in [0.1, 0.15) is 4.86 Å². The molecule has 124 valence electrons. The highest BCUT2D eigenvalue weighted by molar-refractivity contribution is 7.73. The van der Waals surface area contributed by atoms with Crippen LogP contribution in [0.2, 0.25) is 5.02 Å². The smallest absolute Gasteiger partial charge is 0.334 e. The third-order valence-corrected chi connectivity index (χ3v) is 4.75. The van der Waals surface area contributed by atoms with Crippen LogP contribution in [-0.2, 0) is 19.8 Å². The van der Waals surface area contributed by atoms with Crippen LogP contribution in [-0.4, -0.2) is 31.9 Å². The van der Waals surface area contributed by atoms with E-state index in [2.05, 4.69) is 0 Å². The molecule has 0 radical (unpaired) electrons. The van der Waals surface area contributed by atoms with Gasteiger partial charge in [-0.25, -0.2) is 4.79 Å². The normalized spacial score (nSPS) is 16.0. The Labute approximate surface area is 146 Å². The van der Waals surface area contributed by atoms with E-state index in [0.717, 1.165) is 0 Å². The van der Waals surface area contributed by atoms with E-state index in [0.29, 0.717) is 22.0 Å². The van der Waals surface area contributed by atoms with Crippen LogP contribution < -0.4 is 4.90 Å². The average Bonchev–Trinajstić information content (AvgIpc) is 2.90. The molecule has 7 heteroatoms. The van der Waals surface area contributed by atoms with Crippen molar-refractivity contribution in [2.45, 2.75) is 13.0 Å². The molecule has 1 heterocycles. The molecule has 0 fully saturated rings. The van der Waals surface area contributed by atoms with Crippen LogP contribution in [0.5, 0.6) is 0 Å². The first-order chi connectivity index (χ1) is 11.5. The summed E-state index contributed by atoms with van der Waals surface area (Å²) in [4.78, 5) is 14.1. The molecule has 0 N–H and O–H groups in total. The number of esters is 1. The van der Waals surface area contributed by atoms with Crippen LogP contribution in [0.1, 0.15) is 12.5 Å². The maximum Gasteiger partial charge on any atom is 0.334 e. The van der Waals surface area contributed by atoms with E-state index in [1.807, 2.05) is 18.2 Å². The van der Waals surface area contributed by atoms with E-state index in [9.17, 15) is 13.2 Å². The molecule has 0 saturated carbocycles. The molecule has 1 aliphatic heterocycles. The van der Waals surface area contributed by atoms with Crippen LogP contribution >= 0.6 is 11.6 Å². The summed E-state index contributed by atoms with van der Waals surface area (Å²) in [6.07, 6.45) is 0. The Morgan fingerprint density at radius 3 is 2.54 bits per heavy atom. The number of para-hydroxylation sites is 1. The molecule has 0 bridgehead atoms. The van der Waals surface area contributed by atoms with E-state index in [-0.39, 0.29) is 11.5 Å². The molecular weight excluding hydrogens is 350 g/mol. The number of rotatable bonds is 3. The van der Waals surface area contributed by atoms with Gasteiger partial charge in [0, 0.05) is 16.3 Å². The summed E-state index contributed by atoms with van der Waals surface area (Å²) in [5.74, 6) is -0.618. The largest absolute Gasteiger partial charge is 0.464 e. The van der Waals surface area contributed by atoms with Crippen LogP contribution in [0.25, 0.3) is 0 Å². The highest BCUT2D eigenvalue weighted by Gasteiger charge is 2.43. The summed E-state index contributed by atoms with van der Waals surface area (Å²) >= 11 is 6.03. The highest BCUT2D eigenvalue weighted by Crippen LogP contribution is 2.40. The van der Waals surface area contributed by atoms with Crippen molar-refractivity contribution >= 4 is 44.1 Å². The molecule has 0 aromatic heterocycles. The molecule has 3 rings (SSSR count). The highest BCUT2D eigenvalue weighted by atomic mass is 35.5. The minimum Gasteiger partial charge on any atom is -0.464 e. The molecule has 0 saturated heterocycles. The average molecular weight is 364 g/mol. The second-order valence-electron chi connectivity index (χ2n) is 5.12. The van der Waals surface area contributed by atoms with Crippen molar-refractivity contribution < 1.29 is 17.9 Å². The summed E-state index contributed by atoms with van der Waals surface area (Å²) in [5, 5.41) is 0.397. The zero-order valence-electron chi connectivity index (χ0n) is 12.8. The van der Waals surface area contributed by atoms with Gasteiger partial charge in [-0.1, -0.05) is 29.8 Å². The van der Waals surface area contributed by atoms with Gasteiger partial charge >= 0.3 is 5.97 Å². The molecule has 1 unspecified atom stereocenters. The van der Waals surface area contributed by atoms with Crippen molar-refractivity contribution in [1.29, 1.82) is 0 Å². The molecule has 2 aromatic carbocycles. The number of halogens is 1. The Hall–Kier alpha value is -2.31. The third-order valence-electron chi connectivity index (χ3n) is 3.71. The van der Waals surface area contributed by atoms with Crippen molar-refractivity contribution in [2.24, 2.45) is 0 Å². The maximum atomic E-state index is 12.5. The number of carbonyl (C=O) groups is 1. The van der Waals surface area contributed by atoms with Crippen molar-refractivity contribution in [3.63, 3.8) is 0 Å². The Morgan fingerprint density at radius 2 is 1.92 bits per heavy atom. The predicted molar refractivity (Wildman–Crippen MR) is 93.5 cm³/mol.